The van der Waals surface area contributed by atoms with Gasteiger partial charge in [0.05, 0.1) is 0 Å². The van der Waals surface area contributed by atoms with Crippen molar-refractivity contribution in [3.8, 4) is 0 Å². The summed E-state index contributed by atoms with van der Waals surface area (Å²) in [5.41, 5.74) is 0. The van der Waals surface area contributed by atoms with Crippen LogP contribution in [0.2, 0.25) is 0 Å². The molecule has 0 atom stereocenters. The smallest absolute Gasteiger partial charge is 0.126 e. The van der Waals surface area contributed by atoms with Gasteiger partial charge in [-0.1, -0.05) is 32.4 Å². The molecule has 0 saturated heterocycles. The van der Waals surface area contributed by atoms with Gasteiger partial charge in [0.15, 0.2) is 0 Å². The summed E-state index contributed by atoms with van der Waals surface area (Å²) in [4.78, 5) is 0. The lowest BCUT2D eigenvalue weighted by Crippen LogP contribution is -1.84. The normalized spacial score (nSPS) is 10.0. The first-order valence-electron chi connectivity index (χ1n) is 3.19. The lowest BCUT2D eigenvalue weighted by Gasteiger charge is -2.03. The van der Waals surface area contributed by atoms with E-state index in [2.05, 4.69) is 26.3 Å². The van der Waals surface area contributed by atoms with Crippen molar-refractivity contribution in [3.05, 3.63) is 62.1 Å². The van der Waals surface area contributed by atoms with E-state index in [1.807, 2.05) is 0 Å². The van der Waals surface area contributed by atoms with Gasteiger partial charge in [0.2, 0.25) is 0 Å². The summed E-state index contributed by atoms with van der Waals surface area (Å²) < 4.78 is 5.15. The van der Waals surface area contributed by atoms with Crippen LogP contribution in [-0.2, 0) is 4.74 Å². The average molecular weight is 148 g/mol. The largest absolute Gasteiger partial charge is 0.458 e. The van der Waals surface area contributed by atoms with Crippen LogP contribution in [0.4, 0.5) is 0 Å². The van der Waals surface area contributed by atoms with Crippen molar-refractivity contribution in [3.63, 3.8) is 0 Å². The van der Waals surface area contributed by atoms with E-state index in [1.165, 1.54) is 6.08 Å². The molecule has 0 aliphatic carbocycles. The van der Waals surface area contributed by atoms with Crippen LogP contribution in [-0.4, -0.2) is 0 Å². The summed E-state index contributed by atoms with van der Waals surface area (Å²) in [6.45, 7) is 14.1. The molecule has 0 unspecified atom stereocenters. The Kier molecular flexibility index (Phi) is 4.58. The van der Waals surface area contributed by atoms with Crippen LogP contribution in [0.5, 0.6) is 0 Å². The molecule has 0 N–H and O–H groups in total. The Morgan fingerprint density at radius 3 is 2.09 bits per heavy atom. The van der Waals surface area contributed by atoms with Gasteiger partial charge in [-0.25, -0.2) is 0 Å². The highest BCUT2D eigenvalue weighted by Crippen LogP contribution is 2.05. The van der Waals surface area contributed by atoms with E-state index < -0.39 is 0 Å². The summed E-state index contributed by atoms with van der Waals surface area (Å²) in [5.74, 6) is 1.11. The van der Waals surface area contributed by atoms with Gasteiger partial charge >= 0.3 is 0 Å². The maximum atomic E-state index is 5.15. The minimum Gasteiger partial charge on any atom is -0.458 e. The molecule has 0 radical (unpaired) electrons. The fraction of sp³-hybridized carbons (Fsp3) is 0. The molecule has 0 aliphatic heterocycles. The molecule has 0 spiro atoms. The summed E-state index contributed by atoms with van der Waals surface area (Å²) >= 11 is 0. The highest BCUT2D eigenvalue weighted by Gasteiger charge is 1.90. The molecular weight excluding hydrogens is 136 g/mol. The Balaban J connectivity index is 4.19. The van der Waals surface area contributed by atoms with Crippen molar-refractivity contribution in [2.24, 2.45) is 0 Å². The molecule has 0 aromatic heterocycles. The lowest BCUT2D eigenvalue weighted by molar-refractivity contribution is 0.339. The standard InChI is InChI=1S/C10H12O/c1-5-8-10(7-3)11-9(4)6-2/h5-8H,1-4H2/b10-8+. The van der Waals surface area contributed by atoms with Crippen molar-refractivity contribution in [2.45, 2.75) is 0 Å². The summed E-state index contributed by atoms with van der Waals surface area (Å²) in [5, 5.41) is 0. The Morgan fingerprint density at radius 2 is 1.73 bits per heavy atom. The molecule has 1 heteroatoms. The predicted octanol–water partition coefficient (Wildman–Crippen LogP) is 2.96. The van der Waals surface area contributed by atoms with E-state index in [-0.39, 0.29) is 0 Å². The fourth-order valence-electron chi connectivity index (χ4n) is 0.453. The monoisotopic (exact) mass is 148 g/mol. The van der Waals surface area contributed by atoms with Crippen molar-refractivity contribution in [2.75, 3.05) is 0 Å². The van der Waals surface area contributed by atoms with Crippen LogP contribution in [0.1, 0.15) is 0 Å². The van der Waals surface area contributed by atoms with E-state index in [4.69, 9.17) is 4.74 Å². The van der Waals surface area contributed by atoms with Crippen LogP contribution in [0.25, 0.3) is 0 Å². The highest BCUT2D eigenvalue weighted by molar-refractivity contribution is 5.18. The highest BCUT2D eigenvalue weighted by atomic mass is 16.5. The SMILES string of the molecule is C=C/C=C(\C=C)OC(=C)C=C. The van der Waals surface area contributed by atoms with Gasteiger partial charge < -0.3 is 4.74 Å². The molecule has 0 aromatic carbocycles. The first kappa shape index (κ1) is 9.50. The van der Waals surface area contributed by atoms with Crippen LogP contribution < -0.4 is 0 Å². The topological polar surface area (TPSA) is 9.23 Å². The first-order valence-corrected chi connectivity index (χ1v) is 3.19. The summed E-state index contributed by atoms with van der Waals surface area (Å²) in [6, 6.07) is 0. The number of hydrogen-bond donors (Lipinski definition) is 0. The summed E-state index contributed by atoms with van der Waals surface area (Å²) in [6.07, 6.45) is 6.42. The average Bonchev–Trinajstić information content (AvgIpc) is 2.03. The molecule has 0 bridgehead atoms. The van der Waals surface area contributed by atoms with Crippen LogP contribution >= 0.6 is 0 Å². The van der Waals surface area contributed by atoms with E-state index in [0.29, 0.717) is 11.5 Å². The third-order valence-electron chi connectivity index (χ3n) is 0.960. The Labute approximate surface area is 67.7 Å². The molecule has 58 valence electrons. The minimum absolute atomic E-state index is 0.498. The quantitative estimate of drug-likeness (QED) is 0.430. The Bertz CT molecular complexity index is 209. The second-order valence-electron chi connectivity index (χ2n) is 1.78. The maximum Gasteiger partial charge on any atom is 0.126 e. The van der Waals surface area contributed by atoms with Crippen LogP contribution in [0.15, 0.2) is 62.1 Å². The van der Waals surface area contributed by atoms with Gasteiger partial charge in [-0.05, 0) is 18.2 Å². The summed E-state index contributed by atoms with van der Waals surface area (Å²) in [7, 11) is 0. The molecule has 0 aromatic rings. The number of ether oxygens (including phenoxy) is 1. The van der Waals surface area contributed by atoms with Crippen molar-refractivity contribution in [1.82, 2.24) is 0 Å². The van der Waals surface area contributed by atoms with Crippen molar-refractivity contribution >= 4 is 0 Å². The number of allylic oxidation sites excluding steroid dienone is 4. The lowest BCUT2D eigenvalue weighted by atomic mass is 10.4. The van der Waals surface area contributed by atoms with Crippen molar-refractivity contribution < 1.29 is 4.74 Å². The van der Waals surface area contributed by atoms with E-state index in [9.17, 15) is 0 Å². The zero-order valence-corrected chi connectivity index (χ0v) is 6.55. The van der Waals surface area contributed by atoms with Crippen LogP contribution in [0.3, 0.4) is 0 Å². The van der Waals surface area contributed by atoms with Crippen LogP contribution in [0, 0.1) is 0 Å². The van der Waals surface area contributed by atoms with Gasteiger partial charge in [-0.15, -0.1) is 0 Å². The molecule has 0 heterocycles. The van der Waals surface area contributed by atoms with Gasteiger partial charge in [-0.3, -0.25) is 0 Å². The van der Waals surface area contributed by atoms with E-state index in [1.54, 1.807) is 18.2 Å². The molecule has 0 aliphatic rings. The zero-order chi connectivity index (χ0) is 8.69. The third kappa shape index (κ3) is 3.98. The maximum absolute atomic E-state index is 5.15. The van der Waals surface area contributed by atoms with Gasteiger partial charge in [-0.2, -0.15) is 0 Å². The van der Waals surface area contributed by atoms with Gasteiger partial charge in [0, 0.05) is 0 Å². The molecule has 0 fully saturated rings. The number of rotatable bonds is 5. The van der Waals surface area contributed by atoms with Gasteiger partial charge in [0.25, 0.3) is 0 Å². The Hall–Kier alpha value is -1.50. The van der Waals surface area contributed by atoms with Crippen molar-refractivity contribution in [1.29, 1.82) is 0 Å². The second kappa shape index (κ2) is 5.30. The third-order valence-corrected chi connectivity index (χ3v) is 0.960. The molecule has 1 nitrogen and oxygen atoms in total. The zero-order valence-electron chi connectivity index (χ0n) is 6.55. The predicted molar refractivity (Wildman–Crippen MR) is 48.9 cm³/mol. The van der Waals surface area contributed by atoms with Gasteiger partial charge in [0.1, 0.15) is 11.5 Å². The Morgan fingerprint density at radius 1 is 1.09 bits per heavy atom. The first-order chi connectivity index (χ1) is 5.24. The molecule has 0 amide bonds. The van der Waals surface area contributed by atoms with E-state index in [0.717, 1.165) is 0 Å². The number of hydrogen-bond acceptors (Lipinski definition) is 1. The molecule has 11 heavy (non-hydrogen) atoms. The molecular formula is C10H12O. The second-order valence-corrected chi connectivity index (χ2v) is 1.78. The van der Waals surface area contributed by atoms with E-state index >= 15 is 0 Å². The molecule has 0 saturated carbocycles. The minimum atomic E-state index is 0.498. The fourth-order valence-corrected chi connectivity index (χ4v) is 0.453. The molecule has 0 rings (SSSR count).